The number of rotatable bonds is 7. The molecule has 0 aliphatic carbocycles. The number of esters is 1. The van der Waals surface area contributed by atoms with Crippen LogP contribution in [0.4, 0.5) is 0 Å². The van der Waals surface area contributed by atoms with Crippen LogP contribution in [0.25, 0.3) is 0 Å². The summed E-state index contributed by atoms with van der Waals surface area (Å²) in [6.45, 7) is 3.20. The van der Waals surface area contributed by atoms with Gasteiger partial charge in [-0.3, -0.25) is 13.9 Å². The van der Waals surface area contributed by atoms with Gasteiger partial charge in [-0.05, 0) is 6.42 Å². The standard InChI is InChI=1S/C8H16O8S2/c1-3-6(2)8(9)16-7(4-17(10,11)12)5-18(13,14)15/h6-7H,3-5H2,1-2H3,(H,10,11,12)(H,13,14,15). The lowest BCUT2D eigenvalue weighted by Gasteiger charge is -2.17. The largest absolute Gasteiger partial charge is 0.460 e. The summed E-state index contributed by atoms with van der Waals surface area (Å²) in [6, 6.07) is 0. The molecule has 1 unspecified atom stereocenters. The Labute approximate surface area is 106 Å². The zero-order valence-electron chi connectivity index (χ0n) is 9.94. The summed E-state index contributed by atoms with van der Waals surface area (Å²) in [5.41, 5.74) is 0. The molecule has 2 N–H and O–H groups in total. The summed E-state index contributed by atoms with van der Waals surface area (Å²) in [5.74, 6) is -3.52. The molecule has 0 aliphatic rings. The third-order valence-corrected chi connectivity index (χ3v) is 3.68. The second-order valence-electron chi connectivity index (χ2n) is 3.87. The van der Waals surface area contributed by atoms with Crippen molar-refractivity contribution in [3.8, 4) is 0 Å². The molecule has 0 aromatic heterocycles. The van der Waals surface area contributed by atoms with Crippen molar-refractivity contribution in [2.75, 3.05) is 11.5 Å². The number of ether oxygens (including phenoxy) is 1. The lowest BCUT2D eigenvalue weighted by atomic mass is 10.1. The SMILES string of the molecule is CCC(C)C(=O)OC(CS(=O)(=O)O)CS(=O)(=O)O. The Morgan fingerprint density at radius 2 is 1.50 bits per heavy atom. The molecule has 0 saturated carbocycles. The van der Waals surface area contributed by atoms with Crippen LogP contribution in [0.1, 0.15) is 20.3 Å². The maximum atomic E-state index is 11.4. The fourth-order valence-corrected chi connectivity index (χ4v) is 2.49. The second-order valence-corrected chi connectivity index (χ2v) is 6.86. The fraction of sp³-hybridized carbons (Fsp3) is 0.875. The summed E-state index contributed by atoms with van der Waals surface area (Å²) in [5, 5.41) is 0. The fourth-order valence-electron chi connectivity index (χ4n) is 1.03. The van der Waals surface area contributed by atoms with Gasteiger partial charge >= 0.3 is 5.97 Å². The molecule has 0 saturated heterocycles. The third kappa shape index (κ3) is 8.39. The van der Waals surface area contributed by atoms with Crippen molar-refractivity contribution in [1.29, 1.82) is 0 Å². The minimum atomic E-state index is -4.53. The van der Waals surface area contributed by atoms with Crippen molar-refractivity contribution in [3.05, 3.63) is 0 Å². The topological polar surface area (TPSA) is 135 Å². The van der Waals surface area contributed by atoms with Gasteiger partial charge in [0.25, 0.3) is 20.2 Å². The number of hydrogen-bond acceptors (Lipinski definition) is 6. The molecular formula is C8H16O8S2. The first-order chi connectivity index (χ1) is 7.94. The monoisotopic (exact) mass is 304 g/mol. The maximum Gasteiger partial charge on any atom is 0.308 e. The van der Waals surface area contributed by atoms with E-state index in [1.807, 2.05) is 0 Å². The van der Waals surface area contributed by atoms with Crippen LogP contribution in [0.3, 0.4) is 0 Å². The zero-order valence-corrected chi connectivity index (χ0v) is 11.6. The lowest BCUT2D eigenvalue weighted by Crippen LogP contribution is -2.34. The normalized spacial score (nSPS) is 14.5. The van der Waals surface area contributed by atoms with Crippen LogP contribution in [-0.4, -0.2) is 49.5 Å². The van der Waals surface area contributed by atoms with E-state index in [4.69, 9.17) is 9.11 Å². The van der Waals surface area contributed by atoms with E-state index in [0.29, 0.717) is 6.42 Å². The van der Waals surface area contributed by atoms with Crippen molar-refractivity contribution in [1.82, 2.24) is 0 Å². The molecule has 0 heterocycles. The van der Waals surface area contributed by atoms with Crippen LogP contribution in [0.5, 0.6) is 0 Å². The lowest BCUT2D eigenvalue weighted by molar-refractivity contribution is -0.151. The van der Waals surface area contributed by atoms with Crippen LogP contribution in [0.15, 0.2) is 0 Å². The van der Waals surface area contributed by atoms with E-state index < -0.39 is 49.7 Å². The van der Waals surface area contributed by atoms with Gasteiger partial charge in [-0.2, -0.15) is 16.8 Å². The zero-order chi connectivity index (χ0) is 14.6. The Balaban J connectivity index is 4.84. The van der Waals surface area contributed by atoms with Crippen molar-refractivity contribution >= 4 is 26.2 Å². The van der Waals surface area contributed by atoms with Gasteiger partial charge in [-0.15, -0.1) is 0 Å². The molecule has 0 radical (unpaired) electrons. The van der Waals surface area contributed by atoms with Crippen molar-refractivity contribution in [2.45, 2.75) is 26.4 Å². The second kappa shape index (κ2) is 6.45. The highest BCUT2D eigenvalue weighted by molar-refractivity contribution is 7.86. The van der Waals surface area contributed by atoms with Crippen molar-refractivity contribution in [3.63, 3.8) is 0 Å². The molecule has 0 rings (SSSR count). The molecule has 0 amide bonds. The van der Waals surface area contributed by atoms with E-state index in [2.05, 4.69) is 4.74 Å². The number of hydrogen-bond donors (Lipinski definition) is 2. The first kappa shape index (κ1) is 17.3. The maximum absolute atomic E-state index is 11.4. The van der Waals surface area contributed by atoms with Gasteiger partial charge in [-0.1, -0.05) is 13.8 Å². The molecule has 108 valence electrons. The molecule has 0 spiro atoms. The highest BCUT2D eigenvalue weighted by Gasteiger charge is 2.27. The van der Waals surface area contributed by atoms with Crippen LogP contribution in [0, 0.1) is 5.92 Å². The number of carbonyl (C=O) groups is 1. The van der Waals surface area contributed by atoms with Crippen LogP contribution < -0.4 is 0 Å². The van der Waals surface area contributed by atoms with E-state index in [0.717, 1.165) is 0 Å². The molecule has 0 aromatic rings. The van der Waals surface area contributed by atoms with E-state index in [-0.39, 0.29) is 0 Å². The molecule has 10 heteroatoms. The Bertz CT molecular complexity index is 443. The first-order valence-corrected chi connectivity index (χ1v) is 8.27. The average molecular weight is 304 g/mol. The summed E-state index contributed by atoms with van der Waals surface area (Å²) in [4.78, 5) is 11.4. The summed E-state index contributed by atoms with van der Waals surface area (Å²) in [7, 11) is -9.05. The van der Waals surface area contributed by atoms with Crippen LogP contribution in [0.2, 0.25) is 0 Å². The summed E-state index contributed by atoms with van der Waals surface area (Å²) < 4.78 is 64.4. The molecule has 0 fully saturated rings. The van der Waals surface area contributed by atoms with E-state index in [9.17, 15) is 21.6 Å². The van der Waals surface area contributed by atoms with Gasteiger partial charge in [0.15, 0.2) is 0 Å². The molecule has 18 heavy (non-hydrogen) atoms. The van der Waals surface area contributed by atoms with Crippen molar-refractivity contribution < 1.29 is 35.5 Å². The predicted molar refractivity (Wildman–Crippen MR) is 62.2 cm³/mol. The molecular weight excluding hydrogens is 288 g/mol. The van der Waals surface area contributed by atoms with Gasteiger partial charge in [0.05, 0.1) is 5.92 Å². The number of carbonyl (C=O) groups excluding carboxylic acids is 1. The Kier molecular flexibility index (Phi) is 6.20. The van der Waals surface area contributed by atoms with E-state index in [1.165, 1.54) is 6.92 Å². The highest BCUT2D eigenvalue weighted by Crippen LogP contribution is 2.08. The third-order valence-electron chi connectivity index (χ3n) is 2.09. The first-order valence-electron chi connectivity index (χ1n) is 5.05. The molecule has 1 atom stereocenters. The van der Waals surface area contributed by atoms with Crippen molar-refractivity contribution in [2.24, 2.45) is 5.92 Å². The summed E-state index contributed by atoms with van der Waals surface area (Å²) >= 11 is 0. The van der Waals surface area contributed by atoms with Gasteiger partial charge in [0, 0.05) is 0 Å². The Hall–Kier alpha value is -0.710. The Morgan fingerprint density at radius 1 is 1.11 bits per heavy atom. The smallest absolute Gasteiger partial charge is 0.308 e. The quantitative estimate of drug-likeness (QED) is 0.484. The van der Waals surface area contributed by atoms with Gasteiger partial charge in [0.2, 0.25) is 0 Å². The molecule has 0 aliphatic heterocycles. The molecule has 0 bridgehead atoms. The van der Waals surface area contributed by atoms with E-state index in [1.54, 1.807) is 6.92 Å². The van der Waals surface area contributed by atoms with Gasteiger partial charge in [-0.25, -0.2) is 0 Å². The highest BCUT2D eigenvalue weighted by atomic mass is 32.2. The Morgan fingerprint density at radius 3 is 1.78 bits per heavy atom. The van der Waals surface area contributed by atoms with Gasteiger partial charge < -0.3 is 4.74 Å². The van der Waals surface area contributed by atoms with Gasteiger partial charge in [0.1, 0.15) is 17.6 Å². The van der Waals surface area contributed by atoms with E-state index >= 15 is 0 Å². The predicted octanol–water partition coefficient (Wildman–Crippen LogP) is -0.280. The molecule has 0 aromatic carbocycles. The molecule has 8 nitrogen and oxygen atoms in total. The van der Waals surface area contributed by atoms with Crippen LogP contribution in [-0.2, 0) is 29.8 Å². The average Bonchev–Trinajstić information content (AvgIpc) is 2.10. The summed E-state index contributed by atoms with van der Waals surface area (Å²) in [6.07, 6.45) is -1.22. The minimum absolute atomic E-state index is 0.420. The minimum Gasteiger partial charge on any atom is -0.460 e. The van der Waals surface area contributed by atoms with Crippen LogP contribution >= 0.6 is 0 Å².